The predicted molar refractivity (Wildman–Crippen MR) is 89.2 cm³/mol. The summed E-state index contributed by atoms with van der Waals surface area (Å²) in [5.41, 5.74) is 2.08. The number of pyridine rings is 1. The zero-order valence-corrected chi connectivity index (χ0v) is 13.0. The minimum atomic E-state index is 0.138. The average Bonchev–Trinajstić information content (AvgIpc) is 2.93. The standard InChI is InChI=1S/C18H20N4O/c23-18-21-11-10-20(12-15-6-4-5-9-19-15)13-17(21)14-22(18)16-7-2-1-3-8-16/h1-9,17H,10-14H2. The maximum absolute atomic E-state index is 12.6. The molecule has 0 N–H and O–H groups in total. The molecule has 2 amide bonds. The van der Waals surface area contributed by atoms with Crippen LogP contribution < -0.4 is 4.90 Å². The second-order valence-corrected chi connectivity index (χ2v) is 6.13. The van der Waals surface area contributed by atoms with Crippen LogP contribution in [0.1, 0.15) is 5.69 Å². The molecule has 1 unspecified atom stereocenters. The minimum absolute atomic E-state index is 0.138. The number of benzene rings is 1. The molecule has 0 bridgehead atoms. The molecule has 23 heavy (non-hydrogen) atoms. The SMILES string of the molecule is O=C1N(c2ccccc2)CC2CN(Cc3ccccn3)CCN12. The summed E-state index contributed by atoms with van der Waals surface area (Å²) in [4.78, 5) is 23.3. The van der Waals surface area contributed by atoms with Crippen molar-refractivity contribution in [3.63, 3.8) is 0 Å². The van der Waals surface area contributed by atoms with Crippen molar-refractivity contribution in [2.24, 2.45) is 0 Å². The van der Waals surface area contributed by atoms with Gasteiger partial charge in [-0.15, -0.1) is 0 Å². The molecule has 2 aliphatic heterocycles. The van der Waals surface area contributed by atoms with Gasteiger partial charge in [-0.05, 0) is 24.3 Å². The third-order valence-electron chi connectivity index (χ3n) is 4.62. The molecule has 5 heteroatoms. The molecule has 2 fully saturated rings. The van der Waals surface area contributed by atoms with Gasteiger partial charge in [-0.2, -0.15) is 0 Å². The summed E-state index contributed by atoms with van der Waals surface area (Å²) < 4.78 is 0. The highest BCUT2D eigenvalue weighted by atomic mass is 16.2. The average molecular weight is 308 g/mol. The highest BCUT2D eigenvalue weighted by Gasteiger charge is 2.41. The van der Waals surface area contributed by atoms with Gasteiger partial charge in [0, 0.05) is 44.6 Å². The summed E-state index contributed by atoms with van der Waals surface area (Å²) in [5, 5.41) is 0. The molecule has 0 spiro atoms. The van der Waals surface area contributed by atoms with Crippen molar-refractivity contribution < 1.29 is 4.79 Å². The number of amides is 2. The van der Waals surface area contributed by atoms with Crippen molar-refractivity contribution in [1.82, 2.24) is 14.8 Å². The van der Waals surface area contributed by atoms with E-state index >= 15 is 0 Å². The van der Waals surface area contributed by atoms with E-state index < -0.39 is 0 Å². The number of piperazine rings is 1. The van der Waals surface area contributed by atoms with Crippen molar-refractivity contribution in [3.05, 3.63) is 60.4 Å². The first-order chi connectivity index (χ1) is 11.3. The molecule has 2 aliphatic rings. The maximum Gasteiger partial charge on any atom is 0.324 e. The molecule has 1 aromatic carbocycles. The van der Waals surface area contributed by atoms with Crippen LogP contribution in [0.5, 0.6) is 0 Å². The van der Waals surface area contributed by atoms with E-state index in [1.165, 1.54) is 0 Å². The van der Waals surface area contributed by atoms with E-state index in [9.17, 15) is 4.79 Å². The first-order valence-corrected chi connectivity index (χ1v) is 8.07. The zero-order valence-electron chi connectivity index (χ0n) is 13.0. The number of anilines is 1. The van der Waals surface area contributed by atoms with Gasteiger partial charge in [0.2, 0.25) is 0 Å². The Hall–Kier alpha value is -2.40. The van der Waals surface area contributed by atoms with Crippen LogP contribution in [-0.4, -0.2) is 53.0 Å². The molecule has 0 saturated carbocycles. The quantitative estimate of drug-likeness (QED) is 0.873. The monoisotopic (exact) mass is 308 g/mol. The van der Waals surface area contributed by atoms with E-state index in [-0.39, 0.29) is 12.1 Å². The minimum Gasteiger partial charge on any atom is -0.317 e. The lowest BCUT2D eigenvalue weighted by atomic mass is 10.2. The zero-order chi connectivity index (χ0) is 15.6. The Morgan fingerprint density at radius 1 is 1.00 bits per heavy atom. The number of nitrogens with zero attached hydrogens (tertiary/aromatic N) is 4. The number of fused-ring (bicyclic) bond motifs is 1. The molecule has 3 heterocycles. The molecule has 2 aromatic rings. The van der Waals surface area contributed by atoms with Crippen molar-refractivity contribution >= 4 is 11.7 Å². The molecule has 0 radical (unpaired) electrons. The number of carbonyl (C=O) groups is 1. The molecule has 1 aromatic heterocycles. The Morgan fingerprint density at radius 2 is 1.83 bits per heavy atom. The van der Waals surface area contributed by atoms with Gasteiger partial charge in [-0.25, -0.2) is 4.79 Å². The van der Waals surface area contributed by atoms with Crippen LogP contribution in [0.15, 0.2) is 54.7 Å². The van der Waals surface area contributed by atoms with E-state index in [4.69, 9.17) is 0 Å². The summed E-state index contributed by atoms with van der Waals surface area (Å²) in [6, 6.07) is 16.4. The number of para-hydroxylation sites is 1. The summed E-state index contributed by atoms with van der Waals surface area (Å²) in [6.45, 7) is 4.22. The lowest BCUT2D eigenvalue weighted by Gasteiger charge is -2.36. The van der Waals surface area contributed by atoms with Crippen LogP contribution >= 0.6 is 0 Å². The Morgan fingerprint density at radius 3 is 2.61 bits per heavy atom. The van der Waals surface area contributed by atoms with Crippen LogP contribution in [0.3, 0.4) is 0 Å². The van der Waals surface area contributed by atoms with Gasteiger partial charge in [0.15, 0.2) is 0 Å². The van der Waals surface area contributed by atoms with E-state index in [1.54, 1.807) is 0 Å². The number of rotatable bonds is 3. The summed E-state index contributed by atoms with van der Waals surface area (Å²) in [6.07, 6.45) is 1.84. The van der Waals surface area contributed by atoms with Crippen LogP contribution in [0.25, 0.3) is 0 Å². The Labute approximate surface area is 136 Å². The van der Waals surface area contributed by atoms with Crippen LogP contribution in [0.2, 0.25) is 0 Å². The van der Waals surface area contributed by atoms with Crippen LogP contribution in [0.4, 0.5) is 10.5 Å². The van der Waals surface area contributed by atoms with Crippen LogP contribution in [0, 0.1) is 0 Å². The predicted octanol–water partition coefficient (Wildman–Crippen LogP) is 2.21. The smallest absolute Gasteiger partial charge is 0.317 e. The van der Waals surface area contributed by atoms with Crippen molar-refractivity contribution in [3.8, 4) is 0 Å². The van der Waals surface area contributed by atoms with Crippen molar-refractivity contribution in [2.45, 2.75) is 12.6 Å². The largest absolute Gasteiger partial charge is 0.324 e. The van der Waals surface area contributed by atoms with Gasteiger partial charge < -0.3 is 4.90 Å². The highest BCUT2D eigenvalue weighted by Crippen LogP contribution is 2.26. The maximum atomic E-state index is 12.6. The molecule has 2 saturated heterocycles. The molecule has 5 nitrogen and oxygen atoms in total. The second-order valence-electron chi connectivity index (χ2n) is 6.13. The van der Waals surface area contributed by atoms with Gasteiger partial charge in [-0.1, -0.05) is 24.3 Å². The number of urea groups is 1. The van der Waals surface area contributed by atoms with Crippen molar-refractivity contribution in [2.75, 3.05) is 31.1 Å². The topological polar surface area (TPSA) is 39.7 Å². The normalized spacial score (nSPS) is 21.6. The molecule has 0 aliphatic carbocycles. The molecule has 118 valence electrons. The third-order valence-corrected chi connectivity index (χ3v) is 4.62. The fourth-order valence-electron chi connectivity index (χ4n) is 3.46. The molecule has 1 atom stereocenters. The van der Waals surface area contributed by atoms with E-state index in [0.717, 1.165) is 44.1 Å². The first-order valence-electron chi connectivity index (χ1n) is 8.07. The summed E-state index contributed by atoms with van der Waals surface area (Å²) in [7, 11) is 0. The van der Waals surface area contributed by atoms with Crippen LogP contribution in [-0.2, 0) is 6.54 Å². The van der Waals surface area contributed by atoms with Gasteiger partial charge in [0.25, 0.3) is 0 Å². The summed E-state index contributed by atoms with van der Waals surface area (Å²) in [5.74, 6) is 0. The van der Waals surface area contributed by atoms with Gasteiger partial charge in [0.1, 0.15) is 0 Å². The van der Waals surface area contributed by atoms with Gasteiger partial charge in [0.05, 0.1) is 11.7 Å². The van der Waals surface area contributed by atoms with Crippen molar-refractivity contribution in [1.29, 1.82) is 0 Å². The Kier molecular flexibility index (Phi) is 3.71. The third kappa shape index (κ3) is 2.80. The molecular formula is C18H20N4O. The Bertz CT molecular complexity index is 676. The number of aromatic nitrogens is 1. The lowest BCUT2D eigenvalue weighted by Crippen LogP contribution is -2.51. The lowest BCUT2D eigenvalue weighted by molar-refractivity contribution is 0.116. The first kappa shape index (κ1) is 14.2. The van der Waals surface area contributed by atoms with E-state index in [0.29, 0.717) is 0 Å². The van der Waals surface area contributed by atoms with E-state index in [1.807, 2.05) is 58.5 Å². The van der Waals surface area contributed by atoms with Gasteiger partial charge >= 0.3 is 6.03 Å². The van der Waals surface area contributed by atoms with E-state index in [2.05, 4.69) is 16.0 Å². The molecular weight excluding hydrogens is 288 g/mol. The number of carbonyl (C=O) groups excluding carboxylic acids is 1. The fourth-order valence-corrected chi connectivity index (χ4v) is 3.46. The Balaban J connectivity index is 1.45. The number of hydrogen-bond donors (Lipinski definition) is 0. The second kappa shape index (κ2) is 6.01. The fraction of sp³-hybridized carbons (Fsp3) is 0.333. The number of hydrogen-bond acceptors (Lipinski definition) is 3. The van der Waals surface area contributed by atoms with Gasteiger partial charge in [-0.3, -0.25) is 14.8 Å². The summed E-state index contributed by atoms with van der Waals surface area (Å²) >= 11 is 0. The molecule has 4 rings (SSSR count). The highest BCUT2D eigenvalue weighted by molar-refractivity contribution is 5.94.